The Morgan fingerprint density at radius 1 is 1.00 bits per heavy atom. The number of carbonyl (C=O) groups is 2. The van der Waals surface area contributed by atoms with Crippen LogP contribution in [0.15, 0.2) is 77.3 Å². The molecular formula is C32H39BrClN3O4S. The van der Waals surface area contributed by atoms with Gasteiger partial charge in [0.1, 0.15) is 6.04 Å². The molecule has 3 aromatic rings. The van der Waals surface area contributed by atoms with E-state index in [1.807, 2.05) is 75.4 Å². The van der Waals surface area contributed by atoms with Crippen LogP contribution in [0.1, 0.15) is 49.8 Å². The normalized spacial score (nSPS) is 12.8. The molecule has 3 rings (SSSR count). The van der Waals surface area contributed by atoms with Crippen molar-refractivity contribution in [2.75, 3.05) is 17.1 Å². The van der Waals surface area contributed by atoms with Crippen LogP contribution in [0, 0.1) is 6.92 Å². The summed E-state index contributed by atoms with van der Waals surface area (Å²) < 4.78 is 27.6. The number of nitrogens with zero attached hydrogens (tertiary/aromatic N) is 2. The van der Waals surface area contributed by atoms with E-state index in [4.69, 9.17) is 11.6 Å². The maximum Gasteiger partial charge on any atom is 0.243 e. The minimum Gasteiger partial charge on any atom is -0.352 e. The van der Waals surface area contributed by atoms with Gasteiger partial charge in [-0.2, -0.15) is 0 Å². The van der Waals surface area contributed by atoms with Crippen molar-refractivity contribution in [1.82, 2.24) is 10.2 Å². The summed E-state index contributed by atoms with van der Waals surface area (Å²) in [6, 6.07) is 21.6. The Bertz CT molecular complexity index is 1470. The third-order valence-corrected chi connectivity index (χ3v) is 9.01. The molecular weight excluding hydrogens is 638 g/mol. The summed E-state index contributed by atoms with van der Waals surface area (Å²) in [4.78, 5) is 29.3. The molecule has 0 radical (unpaired) electrons. The minimum absolute atomic E-state index is 0.0529. The van der Waals surface area contributed by atoms with Crippen LogP contribution in [0.5, 0.6) is 0 Å². The number of rotatable bonds is 14. The van der Waals surface area contributed by atoms with E-state index in [-0.39, 0.29) is 43.8 Å². The Hall–Kier alpha value is -2.88. The van der Waals surface area contributed by atoms with Gasteiger partial charge in [-0.15, -0.1) is 0 Å². The quantitative estimate of drug-likeness (QED) is 0.211. The number of carbonyl (C=O) groups excluding carboxylic acids is 2. The molecule has 0 spiro atoms. The van der Waals surface area contributed by atoms with Crippen LogP contribution >= 0.6 is 27.5 Å². The van der Waals surface area contributed by atoms with Crippen molar-refractivity contribution in [3.05, 3.63) is 99.0 Å². The van der Waals surface area contributed by atoms with Crippen LogP contribution in [0.3, 0.4) is 0 Å². The first-order chi connectivity index (χ1) is 19.9. The molecule has 0 aliphatic rings. The molecule has 0 fully saturated rings. The van der Waals surface area contributed by atoms with Gasteiger partial charge in [0.2, 0.25) is 21.8 Å². The van der Waals surface area contributed by atoms with Crippen molar-refractivity contribution < 1.29 is 18.0 Å². The second-order valence-electron chi connectivity index (χ2n) is 10.5. The molecule has 1 N–H and O–H groups in total. The van der Waals surface area contributed by atoms with Gasteiger partial charge in [-0.25, -0.2) is 8.42 Å². The number of aryl methyl sites for hydroxylation is 1. The lowest BCUT2D eigenvalue weighted by Crippen LogP contribution is -2.52. The topological polar surface area (TPSA) is 86.8 Å². The fourth-order valence-electron chi connectivity index (χ4n) is 4.66. The van der Waals surface area contributed by atoms with Crippen molar-refractivity contribution in [1.29, 1.82) is 0 Å². The van der Waals surface area contributed by atoms with Gasteiger partial charge in [-0.1, -0.05) is 83.0 Å². The highest BCUT2D eigenvalue weighted by molar-refractivity contribution is 9.10. The van der Waals surface area contributed by atoms with E-state index in [9.17, 15) is 18.0 Å². The van der Waals surface area contributed by atoms with Crippen molar-refractivity contribution >= 4 is 55.1 Å². The van der Waals surface area contributed by atoms with E-state index in [1.54, 1.807) is 23.1 Å². The summed E-state index contributed by atoms with van der Waals surface area (Å²) in [6.45, 7) is 6.08. The molecule has 10 heteroatoms. The minimum atomic E-state index is -3.64. The average molecular weight is 677 g/mol. The predicted molar refractivity (Wildman–Crippen MR) is 174 cm³/mol. The highest BCUT2D eigenvalue weighted by Gasteiger charge is 2.31. The van der Waals surface area contributed by atoms with Gasteiger partial charge in [0, 0.05) is 41.5 Å². The van der Waals surface area contributed by atoms with Gasteiger partial charge >= 0.3 is 0 Å². The van der Waals surface area contributed by atoms with Crippen LogP contribution in [-0.4, -0.2) is 50.0 Å². The van der Waals surface area contributed by atoms with E-state index >= 15 is 0 Å². The van der Waals surface area contributed by atoms with Gasteiger partial charge in [-0.05, 0) is 67.6 Å². The number of amides is 2. The van der Waals surface area contributed by atoms with E-state index in [0.29, 0.717) is 17.1 Å². The lowest BCUT2D eigenvalue weighted by atomic mass is 10.0. The molecule has 0 heterocycles. The van der Waals surface area contributed by atoms with E-state index < -0.39 is 16.1 Å². The van der Waals surface area contributed by atoms with Gasteiger partial charge in [-0.3, -0.25) is 13.9 Å². The Balaban J connectivity index is 1.91. The molecule has 7 nitrogen and oxygen atoms in total. The maximum atomic E-state index is 14.0. The number of hydrogen-bond acceptors (Lipinski definition) is 4. The first kappa shape index (κ1) is 33.6. The summed E-state index contributed by atoms with van der Waals surface area (Å²) in [5.41, 5.74) is 3.06. The van der Waals surface area contributed by atoms with Crippen LogP contribution in [-0.2, 0) is 32.6 Å². The number of hydrogen-bond donors (Lipinski definition) is 1. The summed E-state index contributed by atoms with van der Waals surface area (Å²) >= 11 is 9.68. The van der Waals surface area contributed by atoms with Crippen LogP contribution < -0.4 is 9.62 Å². The van der Waals surface area contributed by atoms with E-state index in [1.165, 1.54) is 4.31 Å². The van der Waals surface area contributed by atoms with E-state index in [0.717, 1.165) is 33.8 Å². The van der Waals surface area contributed by atoms with Crippen molar-refractivity contribution in [3.8, 4) is 0 Å². The molecule has 42 heavy (non-hydrogen) atoms. The third kappa shape index (κ3) is 9.85. The maximum absolute atomic E-state index is 14.0. The van der Waals surface area contributed by atoms with Crippen LogP contribution in [0.25, 0.3) is 0 Å². The molecule has 0 saturated carbocycles. The molecule has 3 aromatic carbocycles. The van der Waals surface area contributed by atoms with Crippen molar-refractivity contribution in [2.45, 2.75) is 65.1 Å². The Morgan fingerprint density at radius 2 is 1.69 bits per heavy atom. The number of benzene rings is 3. The highest BCUT2D eigenvalue weighted by Crippen LogP contribution is 2.27. The number of sulfonamides is 1. The molecule has 0 aliphatic carbocycles. The fraction of sp³-hybridized carbons (Fsp3) is 0.375. The van der Waals surface area contributed by atoms with Crippen molar-refractivity contribution in [2.24, 2.45) is 0 Å². The Labute approximate surface area is 263 Å². The molecule has 2 atom stereocenters. The summed E-state index contributed by atoms with van der Waals surface area (Å²) in [5.74, 6) is -0.449. The zero-order valence-electron chi connectivity index (χ0n) is 24.5. The van der Waals surface area contributed by atoms with Gasteiger partial charge in [0.15, 0.2) is 0 Å². The third-order valence-electron chi connectivity index (χ3n) is 7.11. The smallest absolute Gasteiger partial charge is 0.243 e. The largest absolute Gasteiger partial charge is 0.352 e. The molecule has 2 amide bonds. The number of anilines is 1. The first-order valence-electron chi connectivity index (χ1n) is 14.0. The van der Waals surface area contributed by atoms with Crippen LogP contribution in [0.2, 0.25) is 5.02 Å². The molecule has 0 bridgehead atoms. The molecule has 0 aliphatic heterocycles. The predicted octanol–water partition coefficient (Wildman–Crippen LogP) is 6.51. The fourth-order valence-corrected chi connectivity index (χ4v) is 6.29. The zero-order chi connectivity index (χ0) is 30.9. The second-order valence-corrected chi connectivity index (χ2v) is 13.8. The summed E-state index contributed by atoms with van der Waals surface area (Å²) in [5, 5.41) is 3.49. The SMILES string of the molecule is CC[C@H](C)NC(=O)[C@H](Cc1ccccc1)N(Cc1cccc(Br)c1)C(=O)CCCN(c1cc(Cl)ccc1C)S(C)(=O)=O. The number of nitrogens with one attached hydrogen (secondary N) is 1. The van der Waals surface area contributed by atoms with Crippen molar-refractivity contribution in [3.63, 3.8) is 0 Å². The van der Waals surface area contributed by atoms with Crippen LogP contribution in [0.4, 0.5) is 5.69 Å². The van der Waals surface area contributed by atoms with Gasteiger partial charge < -0.3 is 10.2 Å². The second kappa shape index (κ2) is 15.5. The Morgan fingerprint density at radius 3 is 2.33 bits per heavy atom. The molecule has 0 unspecified atom stereocenters. The molecule has 0 saturated heterocycles. The van der Waals surface area contributed by atoms with Gasteiger partial charge in [0.05, 0.1) is 11.9 Å². The Kier molecular flexibility index (Phi) is 12.4. The summed E-state index contributed by atoms with van der Waals surface area (Å²) in [6.07, 6.45) is 2.57. The highest BCUT2D eigenvalue weighted by atomic mass is 79.9. The monoisotopic (exact) mass is 675 g/mol. The number of halogens is 2. The van der Waals surface area contributed by atoms with Gasteiger partial charge in [0.25, 0.3) is 0 Å². The van der Waals surface area contributed by atoms with E-state index in [2.05, 4.69) is 21.2 Å². The molecule has 226 valence electrons. The summed E-state index contributed by atoms with van der Waals surface area (Å²) in [7, 11) is -3.64. The average Bonchev–Trinajstić information content (AvgIpc) is 2.94. The lowest BCUT2D eigenvalue weighted by molar-refractivity contribution is -0.141. The molecule has 0 aromatic heterocycles. The zero-order valence-corrected chi connectivity index (χ0v) is 27.7. The lowest BCUT2D eigenvalue weighted by Gasteiger charge is -2.33. The standard InChI is InChI=1S/C32H39BrClN3O4S/c1-5-24(3)35-32(39)30(20-25-11-7-6-8-12-25)36(22-26-13-9-14-27(33)19-26)31(38)15-10-18-37(42(4,40)41)29-21-28(34)17-16-23(29)2/h6-9,11-14,16-17,19,21,24,30H,5,10,15,18,20,22H2,1-4H3,(H,35,39)/t24-,30-/m0/s1. The first-order valence-corrected chi connectivity index (χ1v) is 17.0.